The lowest BCUT2D eigenvalue weighted by Gasteiger charge is -2.08. The summed E-state index contributed by atoms with van der Waals surface area (Å²) in [5.74, 6) is 2.14. The Morgan fingerprint density at radius 2 is 1.83 bits per heavy atom. The largest absolute Gasteiger partial charge is 0.454 e. The molecule has 0 radical (unpaired) electrons. The minimum absolute atomic E-state index is 0.104. The van der Waals surface area contributed by atoms with E-state index in [4.69, 9.17) is 9.47 Å². The van der Waals surface area contributed by atoms with Crippen LogP contribution in [-0.4, -0.2) is 24.2 Å². The zero-order chi connectivity index (χ0) is 19.9. The average Bonchev–Trinajstić information content (AvgIpc) is 3.24. The van der Waals surface area contributed by atoms with Gasteiger partial charge in [-0.05, 0) is 48.2 Å². The first-order valence-corrected chi connectivity index (χ1v) is 9.68. The van der Waals surface area contributed by atoms with Crippen molar-refractivity contribution >= 4 is 11.7 Å². The maximum atomic E-state index is 12.3. The molecule has 3 aromatic rings. The standard InChI is InChI=1S/C23H23N3O3/c27-23(24-12-4-7-17-5-2-1-3-6-17)19-9-11-22(26-15-19)25-14-18-8-10-20-21(13-18)29-16-28-20/h1-3,5-6,8-11,13,15H,4,7,12,14,16H2,(H,24,27)(H,25,26). The number of benzene rings is 2. The zero-order valence-corrected chi connectivity index (χ0v) is 16.1. The number of rotatable bonds is 8. The highest BCUT2D eigenvalue weighted by molar-refractivity contribution is 5.94. The highest BCUT2D eigenvalue weighted by Gasteiger charge is 2.13. The molecule has 148 valence electrons. The predicted molar refractivity (Wildman–Crippen MR) is 111 cm³/mol. The Labute approximate surface area is 169 Å². The summed E-state index contributed by atoms with van der Waals surface area (Å²) in [6, 6.07) is 19.7. The summed E-state index contributed by atoms with van der Waals surface area (Å²) in [5, 5.41) is 6.19. The number of aryl methyl sites for hydroxylation is 1. The number of nitrogens with zero attached hydrogens (tertiary/aromatic N) is 1. The normalized spacial score (nSPS) is 11.9. The number of amides is 1. The number of aromatic nitrogens is 1. The van der Waals surface area contributed by atoms with Gasteiger partial charge in [0.05, 0.1) is 5.56 Å². The van der Waals surface area contributed by atoms with Crippen molar-refractivity contribution in [2.75, 3.05) is 18.7 Å². The van der Waals surface area contributed by atoms with Gasteiger partial charge >= 0.3 is 0 Å². The molecule has 4 rings (SSSR count). The van der Waals surface area contributed by atoms with Crippen LogP contribution >= 0.6 is 0 Å². The smallest absolute Gasteiger partial charge is 0.252 e. The van der Waals surface area contributed by atoms with E-state index < -0.39 is 0 Å². The number of pyridine rings is 1. The molecule has 2 N–H and O–H groups in total. The monoisotopic (exact) mass is 389 g/mol. The third kappa shape index (κ3) is 5.04. The molecule has 1 aliphatic heterocycles. The molecule has 6 heteroatoms. The highest BCUT2D eigenvalue weighted by Crippen LogP contribution is 2.32. The molecule has 2 heterocycles. The number of hydrogen-bond donors (Lipinski definition) is 2. The third-order valence-electron chi connectivity index (χ3n) is 4.71. The second-order valence-electron chi connectivity index (χ2n) is 6.82. The molecule has 0 fully saturated rings. The van der Waals surface area contributed by atoms with Crippen molar-refractivity contribution in [1.82, 2.24) is 10.3 Å². The molecular formula is C23H23N3O3. The molecule has 0 saturated carbocycles. The Balaban J connectivity index is 1.22. The SMILES string of the molecule is O=C(NCCCc1ccccc1)c1ccc(NCc2ccc3c(c2)OCO3)nc1. The summed E-state index contributed by atoms with van der Waals surface area (Å²) in [4.78, 5) is 16.6. The highest BCUT2D eigenvalue weighted by atomic mass is 16.7. The van der Waals surface area contributed by atoms with Crippen molar-refractivity contribution in [1.29, 1.82) is 0 Å². The van der Waals surface area contributed by atoms with E-state index in [1.165, 1.54) is 5.56 Å². The number of carbonyl (C=O) groups excluding carboxylic acids is 1. The molecule has 0 atom stereocenters. The van der Waals surface area contributed by atoms with E-state index in [2.05, 4.69) is 27.8 Å². The van der Waals surface area contributed by atoms with Crippen LogP contribution in [0.1, 0.15) is 27.9 Å². The molecule has 1 aliphatic rings. The van der Waals surface area contributed by atoms with Gasteiger partial charge in [-0.1, -0.05) is 36.4 Å². The molecule has 0 bridgehead atoms. The summed E-state index contributed by atoms with van der Waals surface area (Å²) < 4.78 is 10.7. The predicted octanol–water partition coefficient (Wildman–Crippen LogP) is 3.79. The van der Waals surface area contributed by atoms with E-state index in [1.807, 2.05) is 42.5 Å². The van der Waals surface area contributed by atoms with E-state index in [0.717, 1.165) is 29.9 Å². The molecule has 6 nitrogen and oxygen atoms in total. The number of ether oxygens (including phenoxy) is 2. The molecule has 0 unspecified atom stereocenters. The van der Waals surface area contributed by atoms with Gasteiger partial charge in [-0.25, -0.2) is 4.98 Å². The maximum absolute atomic E-state index is 12.3. The fraction of sp³-hybridized carbons (Fsp3) is 0.217. The van der Waals surface area contributed by atoms with Gasteiger partial charge in [-0.15, -0.1) is 0 Å². The van der Waals surface area contributed by atoms with Gasteiger partial charge in [0.25, 0.3) is 5.91 Å². The minimum atomic E-state index is -0.104. The van der Waals surface area contributed by atoms with E-state index in [9.17, 15) is 4.79 Å². The quantitative estimate of drug-likeness (QED) is 0.574. The van der Waals surface area contributed by atoms with E-state index >= 15 is 0 Å². The molecule has 0 saturated heterocycles. The maximum Gasteiger partial charge on any atom is 0.252 e. The van der Waals surface area contributed by atoms with Crippen LogP contribution in [0, 0.1) is 0 Å². The van der Waals surface area contributed by atoms with Crippen molar-refractivity contribution in [3.05, 3.63) is 83.6 Å². The van der Waals surface area contributed by atoms with E-state index in [-0.39, 0.29) is 12.7 Å². The lowest BCUT2D eigenvalue weighted by molar-refractivity contribution is 0.0953. The fourth-order valence-electron chi connectivity index (χ4n) is 3.12. The molecular weight excluding hydrogens is 366 g/mol. The van der Waals surface area contributed by atoms with Crippen LogP contribution < -0.4 is 20.1 Å². The van der Waals surface area contributed by atoms with Crippen LogP contribution in [0.5, 0.6) is 11.5 Å². The van der Waals surface area contributed by atoms with Gasteiger partial charge < -0.3 is 20.1 Å². The van der Waals surface area contributed by atoms with Crippen molar-refractivity contribution < 1.29 is 14.3 Å². The molecule has 1 amide bonds. The van der Waals surface area contributed by atoms with Crippen molar-refractivity contribution in [3.8, 4) is 11.5 Å². The lowest BCUT2D eigenvalue weighted by atomic mass is 10.1. The molecule has 2 aromatic carbocycles. The van der Waals surface area contributed by atoms with Gasteiger partial charge in [-0.3, -0.25) is 4.79 Å². The molecule has 1 aromatic heterocycles. The Bertz CT molecular complexity index is 959. The number of carbonyl (C=O) groups is 1. The summed E-state index contributed by atoms with van der Waals surface area (Å²) >= 11 is 0. The van der Waals surface area contributed by atoms with Crippen LogP contribution in [0.4, 0.5) is 5.82 Å². The van der Waals surface area contributed by atoms with Gasteiger partial charge in [0.15, 0.2) is 11.5 Å². The molecule has 29 heavy (non-hydrogen) atoms. The number of hydrogen-bond acceptors (Lipinski definition) is 5. The van der Waals surface area contributed by atoms with Gasteiger partial charge in [-0.2, -0.15) is 0 Å². The Morgan fingerprint density at radius 1 is 0.966 bits per heavy atom. The number of fused-ring (bicyclic) bond motifs is 1. The summed E-state index contributed by atoms with van der Waals surface area (Å²) in [6.07, 6.45) is 3.44. The molecule has 0 spiro atoms. The van der Waals surface area contributed by atoms with Gasteiger partial charge in [0.2, 0.25) is 6.79 Å². The van der Waals surface area contributed by atoms with Crippen LogP contribution in [-0.2, 0) is 13.0 Å². The van der Waals surface area contributed by atoms with Crippen LogP contribution in [0.25, 0.3) is 0 Å². The minimum Gasteiger partial charge on any atom is -0.454 e. The fourth-order valence-corrected chi connectivity index (χ4v) is 3.12. The Kier molecular flexibility index (Phi) is 5.90. The zero-order valence-electron chi connectivity index (χ0n) is 16.1. The Hall–Kier alpha value is -3.54. The second-order valence-corrected chi connectivity index (χ2v) is 6.82. The summed E-state index contributed by atoms with van der Waals surface area (Å²) in [7, 11) is 0. The summed E-state index contributed by atoms with van der Waals surface area (Å²) in [6.45, 7) is 1.51. The van der Waals surface area contributed by atoms with E-state index in [1.54, 1.807) is 12.3 Å². The van der Waals surface area contributed by atoms with E-state index in [0.29, 0.717) is 24.5 Å². The Morgan fingerprint density at radius 3 is 2.66 bits per heavy atom. The van der Waals surface area contributed by atoms with Crippen LogP contribution in [0.3, 0.4) is 0 Å². The van der Waals surface area contributed by atoms with Crippen LogP contribution in [0.15, 0.2) is 66.9 Å². The number of anilines is 1. The third-order valence-corrected chi connectivity index (χ3v) is 4.71. The topological polar surface area (TPSA) is 72.5 Å². The first-order chi connectivity index (χ1) is 14.3. The average molecular weight is 389 g/mol. The van der Waals surface area contributed by atoms with Crippen LogP contribution in [0.2, 0.25) is 0 Å². The van der Waals surface area contributed by atoms with Crippen molar-refractivity contribution in [2.45, 2.75) is 19.4 Å². The van der Waals surface area contributed by atoms with Crippen molar-refractivity contribution in [2.24, 2.45) is 0 Å². The van der Waals surface area contributed by atoms with Gasteiger partial charge in [0, 0.05) is 19.3 Å². The lowest BCUT2D eigenvalue weighted by Crippen LogP contribution is -2.24. The van der Waals surface area contributed by atoms with Crippen molar-refractivity contribution in [3.63, 3.8) is 0 Å². The second kappa shape index (κ2) is 9.10. The first-order valence-electron chi connectivity index (χ1n) is 9.68. The first kappa shape index (κ1) is 18.8. The number of nitrogens with one attached hydrogen (secondary N) is 2. The molecule has 0 aliphatic carbocycles. The van der Waals surface area contributed by atoms with Gasteiger partial charge in [0.1, 0.15) is 5.82 Å². The summed E-state index contributed by atoms with van der Waals surface area (Å²) in [5.41, 5.74) is 2.90.